The molecule has 2 amide bonds. The summed E-state index contributed by atoms with van der Waals surface area (Å²) in [5, 5.41) is 12.5. The average molecular weight is 660 g/mol. The number of Topliss-reactive ketones (excluding diaryl/α,β-unsaturated/α-hetero) is 1. The van der Waals surface area contributed by atoms with Gasteiger partial charge in [-0.2, -0.15) is 0 Å². The first-order valence-corrected chi connectivity index (χ1v) is 17.0. The first kappa shape index (κ1) is 29.8. The Kier molecular flexibility index (Phi) is 7.15. The molecule has 8 heteroatoms. The number of amides is 2. The van der Waals surface area contributed by atoms with Gasteiger partial charge < -0.3 is 5.11 Å². The van der Waals surface area contributed by atoms with Gasteiger partial charge in [0.2, 0.25) is 11.8 Å². The van der Waals surface area contributed by atoms with E-state index in [-0.39, 0.29) is 47.1 Å². The highest BCUT2D eigenvalue weighted by molar-refractivity contribution is 7.09. The van der Waals surface area contributed by atoms with Gasteiger partial charge in [-0.3, -0.25) is 24.1 Å². The molecule has 1 saturated heterocycles. The second-order valence-electron chi connectivity index (χ2n) is 12.8. The summed E-state index contributed by atoms with van der Waals surface area (Å²) < 4.78 is 0. The fourth-order valence-electron chi connectivity index (χ4n) is 8.75. The van der Waals surface area contributed by atoms with Gasteiger partial charge in [0.15, 0.2) is 11.6 Å². The van der Waals surface area contributed by atoms with Crippen molar-refractivity contribution in [3.05, 3.63) is 141 Å². The van der Waals surface area contributed by atoms with Crippen molar-refractivity contribution < 1.29 is 24.3 Å². The zero-order chi connectivity index (χ0) is 32.4. The standard InChI is InChI=1S/C39H30ClNO5S/c40-32-18-24(42)13-14-27(32)35-26-15-16-28-34(38(46)41(37(28)45)21-25-12-7-17-47-25)30(26)19-31-36(44)29(22-8-3-1-4-9-22)20-33(43)39(31,35)23-10-5-2-6-11-23/h1-15,17-18,20,28,30-31,34-35,42H,16,19,21H2/t28-,30+,31-,34-,35+,39-/m0/s1. The van der Waals surface area contributed by atoms with Crippen LogP contribution in [0.1, 0.15) is 40.3 Å². The molecule has 234 valence electrons. The number of ketones is 2. The molecule has 0 unspecified atom stereocenters. The Hall–Kier alpha value is -4.59. The van der Waals surface area contributed by atoms with Gasteiger partial charge in [-0.15, -0.1) is 11.3 Å². The number of thiophene rings is 1. The minimum Gasteiger partial charge on any atom is -0.508 e. The van der Waals surface area contributed by atoms with Crippen molar-refractivity contribution in [1.82, 2.24) is 4.90 Å². The summed E-state index contributed by atoms with van der Waals surface area (Å²) in [6.45, 7) is 0.216. The molecule has 4 aromatic rings. The molecule has 3 aromatic carbocycles. The summed E-state index contributed by atoms with van der Waals surface area (Å²) in [6, 6.07) is 27.1. The van der Waals surface area contributed by atoms with E-state index in [1.165, 1.54) is 34.4 Å². The van der Waals surface area contributed by atoms with Gasteiger partial charge in [-0.25, -0.2) is 0 Å². The third kappa shape index (κ3) is 4.44. The number of hydrogen-bond acceptors (Lipinski definition) is 6. The second kappa shape index (κ2) is 11.3. The number of halogens is 1. The van der Waals surface area contributed by atoms with Crippen LogP contribution in [0.4, 0.5) is 0 Å². The number of carbonyl (C=O) groups is 4. The lowest BCUT2D eigenvalue weighted by molar-refractivity contribution is -0.141. The molecule has 4 aliphatic rings. The van der Waals surface area contributed by atoms with Crippen molar-refractivity contribution in [2.75, 3.05) is 0 Å². The number of nitrogens with zero attached hydrogens (tertiary/aromatic N) is 1. The van der Waals surface area contributed by atoms with Crippen LogP contribution >= 0.6 is 22.9 Å². The summed E-state index contributed by atoms with van der Waals surface area (Å²) >= 11 is 8.42. The molecule has 1 saturated carbocycles. The van der Waals surface area contributed by atoms with E-state index in [1.54, 1.807) is 6.07 Å². The van der Waals surface area contributed by atoms with Crippen LogP contribution in [0.25, 0.3) is 5.57 Å². The maximum atomic E-state index is 15.0. The van der Waals surface area contributed by atoms with Crippen LogP contribution in [0.2, 0.25) is 5.02 Å². The predicted octanol–water partition coefficient (Wildman–Crippen LogP) is 7.13. The first-order chi connectivity index (χ1) is 22.8. The quantitative estimate of drug-likeness (QED) is 0.182. The number of fused-ring (bicyclic) bond motifs is 4. The fraction of sp³-hybridized carbons (Fsp3) is 0.231. The van der Waals surface area contributed by atoms with Crippen LogP contribution in [-0.4, -0.2) is 33.4 Å². The largest absolute Gasteiger partial charge is 0.508 e. The van der Waals surface area contributed by atoms with E-state index in [2.05, 4.69) is 0 Å². The fourth-order valence-corrected chi connectivity index (χ4v) is 9.72. The smallest absolute Gasteiger partial charge is 0.234 e. The molecule has 0 bridgehead atoms. The van der Waals surface area contributed by atoms with Gasteiger partial charge in [-0.1, -0.05) is 96.0 Å². The topological polar surface area (TPSA) is 91.8 Å². The highest BCUT2D eigenvalue weighted by Gasteiger charge is 2.66. The van der Waals surface area contributed by atoms with Crippen LogP contribution < -0.4 is 0 Å². The zero-order valence-corrected chi connectivity index (χ0v) is 26.8. The Balaban J connectivity index is 1.35. The maximum Gasteiger partial charge on any atom is 0.234 e. The van der Waals surface area contributed by atoms with Crippen molar-refractivity contribution in [3.8, 4) is 5.75 Å². The molecule has 3 aliphatic carbocycles. The summed E-state index contributed by atoms with van der Waals surface area (Å²) in [5.41, 5.74) is 1.76. The number of carbonyl (C=O) groups excluding carboxylic acids is 4. The number of rotatable bonds is 5. The molecule has 2 fully saturated rings. The number of likely N-dealkylation sites (tertiary alicyclic amines) is 1. The summed E-state index contributed by atoms with van der Waals surface area (Å²) in [5.74, 6) is -4.08. The monoisotopic (exact) mass is 659 g/mol. The Morgan fingerprint density at radius 1 is 0.872 bits per heavy atom. The number of phenols is 1. The highest BCUT2D eigenvalue weighted by Crippen LogP contribution is 2.64. The average Bonchev–Trinajstić information content (AvgIpc) is 3.69. The van der Waals surface area contributed by atoms with Crippen molar-refractivity contribution in [2.45, 2.75) is 30.7 Å². The normalized spacial score (nSPS) is 28.4. The summed E-state index contributed by atoms with van der Waals surface area (Å²) in [4.78, 5) is 60.3. The molecular formula is C39H30ClNO5S. The third-order valence-electron chi connectivity index (χ3n) is 10.7. The number of allylic oxidation sites excluding steroid dienone is 4. The lowest BCUT2D eigenvalue weighted by atomic mass is 9.44. The first-order valence-electron chi connectivity index (χ1n) is 15.8. The van der Waals surface area contributed by atoms with E-state index in [4.69, 9.17) is 11.6 Å². The van der Waals surface area contributed by atoms with Crippen LogP contribution in [0.15, 0.2) is 114 Å². The lowest BCUT2D eigenvalue weighted by Gasteiger charge is -2.55. The molecule has 2 heterocycles. The van der Waals surface area contributed by atoms with E-state index in [9.17, 15) is 19.5 Å². The SMILES string of the molecule is O=C1C(c2ccccc2)=CC(=O)[C@@]2(c3ccccc3)[C@@H](c3ccc(O)cc3Cl)C3=CC[C@@H]4C(=O)N(Cc5cccs5)C(=O)[C@@H]4[C@@H]3C[C@@H]12. The molecule has 1 N–H and O–H groups in total. The van der Waals surface area contributed by atoms with Crippen molar-refractivity contribution in [1.29, 1.82) is 0 Å². The maximum absolute atomic E-state index is 15.0. The summed E-state index contributed by atoms with van der Waals surface area (Å²) in [6.07, 6.45) is 4.09. The third-order valence-corrected chi connectivity index (χ3v) is 11.8. The van der Waals surface area contributed by atoms with E-state index >= 15 is 4.79 Å². The van der Waals surface area contributed by atoms with E-state index in [0.29, 0.717) is 28.7 Å². The van der Waals surface area contributed by atoms with Gasteiger partial charge >= 0.3 is 0 Å². The molecule has 8 rings (SSSR count). The molecule has 47 heavy (non-hydrogen) atoms. The van der Waals surface area contributed by atoms with Crippen LogP contribution in [-0.2, 0) is 31.1 Å². The Morgan fingerprint density at radius 2 is 1.62 bits per heavy atom. The molecule has 1 aliphatic heterocycles. The van der Waals surface area contributed by atoms with Crippen LogP contribution in [0.5, 0.6) is 5.75 Å². The highest BCUT2D eigenvalue weighted by atomic mass is 35.5. The van der Waals surface area contributed by atoms with E-state index in [0.717, 1.165) is 10.5 Å². The van der Waals surface area contributed by atoms with Gasteiger partial charge in [0.05, 0.1) is 23.8 Å². The number of imide groups is 1. The molecule has 6 atom stereocenters. The van der Waals surface area contributed by atoms with E-state index < -0.39 is 35.0 Å². The van der Waals surface area contributed by atoms with Crippen LogP contribution in [0.3, 0.4) is 0 Å². The van der Waals surface area contributed by atoms with Crippen molar-refractivity contribution in [3.63, 3.8) is 0 Å². The minimum atomic E-state index is -1.37. The number of hydrogen-bond donors (Lipinski definition) is 1. The number of phenolic OH excluding ortho intramolecular Hbond substituents is 1. The number of aromatic hydroxyl groups is 1. The van der Waals surface area contributed by atoms with Gasteiger partial charge in [-0.05, 0) is 65.1 Å². The second-order valence-corrected chi connectivity index (χ2v) is 14.3. The van der Waals surface area contributed by atoms with Gasteiger partial charge in [0.1, 0.15) is 5.75 Å². The van der Waals surface area contributed by atoms with Crippen LogP contribution in [0, 0.1) is 23.7 Å². The Bertz CT molecular complexity index is 2000. The zero-order valence-electron chi connectivity index (χ0n) is 25.2. The molecule has 6 nitrogen and oxygen atoms in total. The Labute approximate surface area is 281 Å². The summed E-state index contributed by atoms with van der Waals surface area (Å²) in [7, 11) is 0. The lowest BCUT2D eigenvalue weighted by Crippen LogP contribution is -2.58. The molecule has 0 spiro atoms. The minimum absolute atomic E-state index is 0.0211. The van der Waals surface area contributed by atoms with Crippen molar-refractivity contribution >= 4 is 51.9 Å². The van der Waals surface area contributed by atoms with E-state index in [1.807, 2.05) is 84.3 Å². The molecular weight excluding hydrogens is 630 g/mol. The predicted molar refractivity (Wildman–Crippen MR) is 180 cm³/mol. The van der Waals surface area contributed by atoms with Crippen molar-refractivity contribution in [2.24, 2.45) is 23.7 Å². The van der Waals surface area contributed by atoms with Gasteiger partial charge in [0, 0.05) is 27.3 Å². The van der Waals surface area contributed by atoms with Gasteiger partial charge in [0.25, 0.3) is 0 Å². The molecule has 0 radical (unpaired) electrons. The molecule has 1 aromatic heterocycles. The number of benzene rings is 3. The Morgan fingerprint density at radius 3 is 2.32 bits per heavy atom.